The minimum absolute atomic E-state index is 0.835. The van der Waals surface area contributed by atoms with Crippen LogP contribution < -0.4 is 11.1 Å². The third-order valence-corrected chi connectivity index (χ3v) is 3.20. The first-order chi connectivity index (χ1) is 7.78. The van der Waals surface area contributed by atoms with Crippen LogP contribution >= 0.6 is 0 Å². The second-order valence-electron chi connectivity index (χ2n) is 4.22. The van der Waals surface area contributed by atoms with Crippen LogP contribution in [0.15, 0.2) is 36.4 Å². The number of anilines is 2. The third kappa shape index (κ3) is 1.27. The number of nitrogens with two attached hydrogens (primary N) is 1. The van der Waals surface area contributed by atoms with E-state index in [-0.39, 0.29) is 0 Å². The molecular formula is C14H14N2. The monoisotopic (exact) mass is 210 g/mol. The van der Waals surface area contributed by atoms with Crippen molar-refractivity contribution in [1.29, 1.82) is 0 Å². The van der Waals surface area contributed by atoms with Gasteiger partial charge in [0.1, 0.15) is 0 Å². The third-order valence-electron chi connectivity index (χ3n) is 3.20. The Morgan fingerprint density at radius 2 is 1.69 bits per heavy atom. The molecule has 0 fully saturated rings. The highest BCUT2D eigenvalue weighted by Crippen LogP contribution is 2.38. The van der Waals surface area contributed by atoms with Crippen LogP contribution in [0.4, 0.5) is 11.4 Å². The Balaban J connectivity index is 2.22. The van der Waals surface area contributed by atoms with Crippen molar-refractivity contribution in [1.82, 2.24) is 0 Å². The number of hydrogen-bond acceptors (Lipinski definition) is 2. The first-order valence-corrected chi connectivity index (χ1v) is 5.47. The van der Waals surface area contributed by atoms with Gasteiger partial charge >= 0.3 is 0 Å². The van der Waals surface area contributed by atoms with E-state index in [0.29, 0.717) is 0 Å². The van der Waals surface area contributed by atoms with E-state index in [2.05, 4.69) is 35.6 Å². The molecule has 0 bridgehead atoms. The van der Waals surface area contributed by atoms with Gasteiger partial charge in [0.2, 0.25) is 0 Å². The first kappa shape index (κ1) is 9.28. The van der Waals surface area contributed by atoms with E-state index >= 15 is 0 Å². The molecule has 1 aliphatic rings. The Labute approximate surface area is 95.1 Å². The van der Waals surface area contributed by atoms with Gasteiger partial charge in [0.05, 0.1) is 0 Å². The summed E-state index contributed by atoms with van der Waals surface area (Å²) in [6.45, 7) is 0. The van der Waals surface area contributed by atoms with Crippen molar-refractivity contribution >= 4 is 11.4 Å². The zero-order valence-electron chi connectivity index (χ0n) is 9.25. The van der Waals surface area contributed by atoms with E-state index in [1.807, 2.05) is 13.1 Å². The standard InChI is InChI=1S/C14H14N2/c1-16-12-5-3-10-6-9-2-4-11(15)7-13(9)14(10)8-12/h2-5,7-8,16H,6,15H2,1H3. The molecule has 0 unspecified atom stereocenters. The molecule has 0 atom stereocenters. The number of rotatable bonds is 1. The van der Waals surface area contributed by atoms with Crippen LogP contribution in [0.1, 0.15) is 11.1 Å². The Hall–Kier alpha value is -1.96. The van der Waals surface area contributed by atoms with Gasteiger partial charge < -0.3 is 11.1 Å². The van der Waals surface area contributed by atoms with Crippen molar-refractivity contribution in [2.24, 2.45) is 0 Å². The normalized spacial score (nSPS) is 12.1. The molecule has 2 aromatic rings. The van der Waals surface area contributed by atoms with Crippen LogP contribution in [0, 0.1) is 0 Å². The minimum atomic E-state index is 0.835. The van der Waals surface area contributed by atoms with E-state index in [4.69, 9.17) is 5.73 Å². The summed E-state index contributed by atoms with van der Waals surface area (Å²) in [6, 6.07) is 12.7. The fourth-order valence-corrected chi connectivity index (χ4v) is 2.34. The largest absolute Gasteiger partial charge is 0.399 e. The number of nitrogen functional groups attached to an aromatic ring is 1. The quantitative estimate of drug-likeness (QED) is 0.606. The maximum Gasteiger partial charge on any atom is 0.0343 e. The van der Waals surface area contributed by atoms with Gasteiger partial charge in [0.15, 0.2) is 0 Å². The van der Waals surface area contributed by atoms with Crippen LogP contribution in [0.25, 0.3) is 11.1 Å². The summed E-state index contributed by atoms with van der Waals surface area (Å²) < 4.78 is 0. The molecule has 3 rings (SSSR count). The molecule has 0 amide bonds. The molecule has 80 valence electrons. The van der Waals surface area contributed by atoms with Crippen molar-refractivity contribution < 1.29 is 0 Å². The van der Waals surface area contributed by atoms with Crippen LogP contribution in [-0.4, -0.2) is 7.05 Å². The van der Waals surface area contributed by atoms with Gasteiger partial charge in [-0.3, -0.25) is 0 Å². The van der Waals surface area contributed by atoms with Gasteiger partial charge in [-0.15, -0.1) is 0 Å². The van der Waals surface area contributed by atoms with E-state index in [9.17, 15) is 0 Å². The summed E-state index contributed by atoms with van der Waals surface area (Å²) in [7, 11) is 1.94. The van der Waals surface area contributed by atoms with E-state index in [0.717, 1.165) is 17.8 Å². The number of benzene rings is 2. The van der Waals surface area contributed by atoms with Gasteiger partial charge in [-0.25, -0.2) is 0 Å². The predicted octanol–water partition coefficient (Wildman–Crippen LogP) is 2.88. The zero-order valence-corrected chi connectivity index (χ0v) is 9.25. The molecule has 3 N–H and O–H groups in total. The molecule has 16 heavy (non-hydrogen) atoms. The Morgan fingerprint density at radius 1 is 1.00 bits per heavy atom. The van der Waals surface area contributed by atoms with Gasteiger partial charge in [-0.05, 0) is 52.9 Å². The van der Waals surface area contributed by atoms with Gasteiger partial charge in [-0.1, -0.05) is 12.1 Å². The van der Waals surface area contributed by atoms with Crippen molar-refractivity contribution in [2.45, 2.75) is 6.42 Å². The second kappa shape index (κ2) is 3.27. The lowest BCUT2D eigenvalue weighted by Gasteiger charge is -2.05. The van der Waals surface area contributed by atoms with Gasteiger partial charge in [0, 0.05) is 18.4 Å². The van der Waals surface area contributed by atoms with Gasteiger partial charge in [-0.2, -0.15) is 0 Å². The lowest BCUT2D eigenvalue weighted by molar-refractivity contribution is 1.26. The summed E-state index contributed by atoms with van der Waals surface area (Å²) in [5.74, 6) is 0. The predicted molar refractivity (Wildman–Crippen MR) is 68.6 cm³/mol. The fourth-order valence-electron chi connectivity index (χ4n) is 2.34. The van der Waals surface area contributed by atoms with Crippen LogP contribution in [0.2, 0.25) is 0 Å². The topological polar surface area (TPSA) is 38.0 Å². The molecule has 2 heteroatoms. The summed E-state index contributed by atoms with van der Waals surface area (Å²) in [6.07, 6.45) is 1.02. The van der Waals surface area contributed by atoms with Crippen LogP contribution in [0.3, 0.4) is 0 Å². The summed E-state index contributed by atoms with van der Waals surface area (Å²) in [5.41, 5.74) is 13.2. The molecule has 0 radical (unpaired) electrons. The lowest BCUT2D eigenvalue weighted by atomic mass is 10.0. The van der Waals surface area contributed by atoms with Crippen molar-refractivity contribution in [3.63, 3.8) is 0 Å². The first-order valence-electron chi connectivity index (χ1n) is 5.47. The molecule has 0 heterocycles. The summed E-state index contributed by atoms with van der Waals surface area (Å²) >= 11 is 0. The lowest BCUT2D eigenvalue weighted by Crippen LogP contribution is -1.89. The Morgan fingerprint density at radius 3 is 2.44 bits per heavy atom. The number of hydrogen-bond donors (Lipinski definition) is 2. The Bertz CT molecular complexity index is 559. The molecule has 0 saturated carbocycles. The number of fused-ring (bicyclic) bond motifs is 3. The average molecular weight is 210 g/mol. The molecular weight excluding hydrogens is 196 g/mol. The SMILES string of the molecule is CNc1ccc2c(c1)-c1cc(N)ccc1C2. The summed E-state index contributed by atoms with van der Waals surface area (Å²) in [5, 5.41) is 3.17. The van der Waals surface area contributed by atoms with E-state index in [1.54, 1.807) is 0 Å². The van der Waals surface area contributed by atoms with E-state index in [1.165, 1.54) is 22.3 Å². The van der Waals surface area contributed by atoms with Crippen LogP contribution in [-0.2, 0) is 6.42 Å². The minimum Gasteiger partial charge on any atom is -0.399 e. The molecule has 0 aliphatic heterocycles. The molecule has 1 aliphatic carbocycles. The second-order valence-corrected chi connectivity index (χ2v) is 4.22. The van der Waals surface area contributed by atoms with Crippen LogP contribution in [0.5, 0.6) is 0 Å². The van der Waals surface area contributed by atoms with Gasteiger partial charge in [0.25, 0.3) is 0 Å². The van der Waals surface area contributed by atoms with Crippen molar-refractivity contribution in [3.05, 3.63) is 47.5 Å². The zero-order chi connectivity index (χ0) is 11.1. The molecule has 2 nitrogen and oxygen atoms in total. The number of nitrogens with one attached hydrogen (secondary N) is 1. The molecule has 0 aromatic heterocycles. The highest BCUT2D eigenvalue weighted by atomic mass is 14.8. The average Bonchev–Trinajstić information content (AvgIpc) is 2.66. The summed E-state index contributed by atoms with van der Waals surface area (Å²) in [4.78, 5) is 0. The molecule has 0 saturated heterocycles. The maximum absolute atomic E-state index is 5.84. The smallest absolute Gasteiger partial charge is 0.0343 e. The molecule has 0 spiro atoms. The fraction of sp³-hybridized carbons (Fsp3) is 0.143. The van der Waals surface area contributed by atoms with Crippen molar-refractivity contribution in [2.75, 3.05) is 18.1 Å². The van der Waals surface area contributed by atoms with E-state index < -0.39 is 0 Å². The molecule has 2 aromatic carbocycles. The van der Waals surface area contributed by atoms with Crippen molar-refractivity contribution in [3.8, 4) is 11.1 Å². The highest BCUT2D eigenvalue weighted by molar-refractivity contribution is 5.81. The Kier molecular flexibility index (Phi) is 1.90. The maximum atomic E-state index is 5.84. The highest BCUT2D eigenvalue weighted by Gasteiger charge is 2.18.